The van der Waals surface area contributed by atoms with Crippen LogP contribution in [0.1, 0.15) is 52.9 Å². The molecule has 0 radical (unpaired) electrons. The average Bonchev–Trinajstić information content (AvgIpc) is 2.19. The summed E-state index contributed by atoms with van der Waals surface area (Å²) in [6.45, 7) is 10.5. The lowest BCUT2D eigenvalue weighted by Gasteiger charge is -2.38. The van der Waals surface area contributed by atoms with E-state index in [-0.39, 0.29) is 5.97 Å². The molecule has 0 saturated heterocycles. The second-order valence-corrected chi connectivity index (χ2v) is 5.64. The number of carbonyl (C=O) groups is 1. The van der Waals surface area contributed by atoms with Crippen LogP contribution in [0.4, 0.5) is 0 Å². The number of ether oxygens (including phenoxy) is 1. The molecular formula is C14H24O2. The molecule has 2 heteroatoms. The highest BCUT2D eigenvalue weighted by molar-refractivity contribution is 5.86. The van der Waals surface area contributed by atoms with Crippen LogP contribution in [0.3, 0.4) is 0 Å². The molecule has 0 heterocycles. The van der Waals surface area contributed by atoms with Crippen LogP contribution >= 0.6 is 0 Å². The van der Waals surface area contributed by atoms with E-state index in [9.17, 15) is 4.79 Å². The van der Waals surface area contributed by atoms with E-state index in [2.05, 4.69) is 20.4 Å². The van der Waals surface area contributed by atoms with Crippen molar-refractivity contribution < 1.29 is 9.53 Å². The third-order valence-corrected chi connectivity index (χ3v) is 3.78. The summed E-state index contributed by atoms with van der Waals surface area (Å²) in [6, 6.07) is 0. The van der Waals surface area contributed by atoms with E-state index in [4.69, 9.17) is 4.74 Å². The van der Waals surface area contributed by atoms with Gasteiger partial charge in [-0.1, -0.05) is 33.3 Å². The smallest absolute Gasteiger partial charge is 0.333 e. The summed E-state index contributed by atoms with van der Waals surface area (Å²) in [5.74, 6) is 0.438. The van der Waals surface area contributed by atoms with Crippen LogP contribution in [0.5, 0.6) is 0 Å². The number of esters is 1. The van der Waals surface area contributed by atoms with Gasteiger partial charge in [-0.15, -0.1) is 0 Å². The molecule has 0 aromatic heterocycles. The van der Waals surface area contributed by atoms with Crippen molar-refractivity contribution >= 4 is 5.97 Å². The molecule has 2 nitrogen and oxygen atoms in total. The Hall–Kier alpha value is -0.790. The third kappa shape index (κ3) is 3.66. The van der Waals surface area contributed by atoms with E-state index < -0.39 is 0 Å². The minimum atomic E-state index is -0.256. The molecule has 0 bridgehead atoms. The highest BCUT2D eigenvalue weighted by atomic mass is 16.5. The van der Waals surface area contributed by atoms with Gasteiger partial charge in [-0.25, -0.2) is 4.79 Å². The second kappa shape index (κ2) is 5.51. The lowest BCUT2D eigenvalue weighted by atomic mass is 9.68. The third-order valence-electron chi connectivity index (χ3n) is 3.78. The van der Waals surface area contributed by atoms with Crippen LogP contribution in [-0.2, 0) is 9.53 Å². The quantitative estimate of drug-likeness (QED) is 0.537. The maximum Gasteiger partial charge on any atom is 0.333 e. The number of rotatable bonds is 4. The van der Waals surface area contributed by atoms with Crippen molar-refractivity contribution in [3.63, 3.8) is 0 Å². The van der Waals surface area contributed by atoms with E-state index in [1.54, 1.807) is 6.92 Å². The van der Waals surface area contributed by atoms with Gasteiger partial charge in [0.15, 0.2) is 0 Å². The van der Waals surface area contributed by atoms with Crippen LogP contribution in [0.25, 0.3) is 0 Å². The Kier molecular flexibility index (Phi) is 4.57. The van der Waals surface area contributed by atoms with Gasteiger partial charge in [0.25, 0.3) is 0 Å². The van der Waals surface area contributed by atoms with Gasteiger partial charge in [-0.2, -0.15) is 0 Å². The molecule has 1 rings (SSSR count). The van der Waals surface area contributed by atoms with Crippen molar-refractivity contribution in [3.05, 3.63) is 12.2 Å². The first-order valence-electron chi connectivity index (χ1n) is 6.26. The van der Waals surface area contributed by atoms with Gasteiger partial charge in [-0.3, -0.25) is 0 Å². The van der Waals surface area contributed by atoms with Crippen molar-refractivity contribution in [1.82, 2.24) is 0 Å². The van der Waals surface area contributed by atoms with Crippen LogP contribution in [0, 0.1) is 11.3 Å². The predicted molar refractivity (Wildman–Crippen MR) is 66.1 cm³/mol. The molecule has 0 spiro atoms. The van der Waals surface area contributed by atoms with E-state index in [1.165, 1.54) is 25.7 Å². The second-order valence-electron chi connectivity index (χ2n) is 5.64. The Morgan fingerprint density at radius 2 is 2.12 bits per heavy atom. The summed E-state index contributed by atoms with van der Waals surface area (Å²) in [5.41, 5.74) is 0.899. The molecule has 16 heavy (non-hydrogen) atoms. The Bertz CT molecular complexity index is 266. The number of hydrogen-bond acceptors (Lipinski definition) is 2. The molecular weight excluding hydrogens is 200 g/mol. The fraction of sp³-hybridized carbons (Fsp3) is 0.786. The maximum atomic E-state index is 11.2. The molecule has 92 valence electrons. The first-order chi connectivity index (χ1) is 7.43. The van der Waals surface area contributed by atoms with Crippen LogP contribution in [-0.4, -0.2) is 12.6 Å². The van der Waals surface area contributed by atoms with Gasteiger partial charge in [0.05, 0.1) is 6.61 Å². The maximum absolute atomic E-state index is 11.2. The minimum Gasteiger partial charge on any atom is -0.462 e. The first-order valence-corrected chi connectivity index (χ1v) is 6.26. The van der Waals surface area contributed by atoms with Crippen molar-refractivity contribution in [2.75, 3.05) is 6.61 Å². The molecule has 1 fully saturated rings. The molecule has 0 aromatic rings. The van der Waals surface area contributed by atoms with Gasteiger partial charge in [0, 0.05) is 5.57 Å². The molecule has 0 aromatic carbocycles. The van der Waals surface area contributed by atoms with Crippen LogP contribution in [0.15, 0.2) is 12.2 Å². The normalized spacial score (nSPS) is 23.8. The van der Waals surface area contributed by atoms with Crippen molar-refractivity contribution in [3.8, 4) is 0 Å². The predicted octanol–water partition coefficient (Wildman–Crippen LogP) is 3.71. The first kappa shape index (κ1) is 13.3. The molecule has 1 saturated carbocycles. The fourth-order valence-corrected chi connectivity index (χ4v) is 2.52. The van der Waals surface area contributed by atoms with E-state index >= 15 is 0 Å². The molecule has 0 aliphatic heterocycles. The Labute approximate surface area is 99.1 Å². The number of carbonyl (C=O) groups excluding carboxylic acids is 1. The molecule has 1 unspecified atom stereocenters. The van der Waals surface area contributed by atoms with Gasteiger partial charge in [-0.05, 0) is 37.5 Å². The Balaban J connectivity index is 2.31. The van der Waals surface area contributed by atoms with Crippen LogP contribution < -0.4 is 0 Å². The van der Waals surface area contributed by atoms with Gasteiger partial charge >= 0.3 is 5.97 Å². The molecule has 1 atom stereocenters. The number of hydrogen-bond donors (Lipinski definition) is 0. The molecule has 0 N–H and O–H groups in total. The van der Waals surface area contributed by atoms with Crippen molar-refractivity contribution in [1.29, 1.82) is 0 Å². The molecule has 1 aliphatic carbocycles. The lowest BCUT2D eigenvalue weighted by Crippen LogP contribution is -2.29. The zero-order chi connectivity index (χ0) is 12.2. The summed E-state index contributed by atoms with van der Waals surface area (Å²) >= 11 is 0. The monoisotopic (exact) mass is 224 g/mol. The summed E-state index contributed by atoms with van der Waals surface area (Å²) in [5, 5.41) is 0. The zero-order valence-corrected chi connectivity index (χ0v) is 10.8. The lowest BCUT2D eigenvalue weighted by molar-refractivity contribution is -0.139. The van der Waals surface area contributed by atoms with Crippen molar-refractivity contribution in [2.45, 2.75) is 52.9 Å². The van der Waals surface area contributed by atoms with Crippen molar-refractivity contribution in [2.24, 2.45) is 11.3 Å². The highest BCUT2D eigenvalue weighted by Gasteiger charge is 2.31. The average molecular weight is 224 g/mol. The summed E-state index contributed by atoms with van der Waals surface area (Å²) < 4.78 is 5.16. The highest BCUT2D eigenvalue weighted by Crippen LogP contribution is 2.42. The molecule has 0 amide bonds. The summed E-state index contributed by atoms with van der Waals surface area (Å²) in [6.07, 6.45) is 6.23. The SMILES string of the molecule is C=C(C)C(=O)OCCC1CCCCC1(C)C. The Morgan fingerprint density at radius 3 is 2.69 bits per heavy atom. The van der Waals surface area contributed by atoms with E-state index in [1.807, 2.05) is 0 Å². The summed E-state index contributed by atoms with van der Waals surface area (Å²) in [7, 11) is 0. The van der Waals surface area contributed by atoms with E-state index in [0.29, 0.717) is 23.5 Å². The minimum absolute atomic E-state index is 0.256. The topological polar surface area (TPSA) is 26.3 Å². The standard InChI is InChI=1S/C14H24O2/c1-11(2)13(15)16-10-8-12-7-5-6-9-14(12,3)4/h12H,1,5-10H2,2-4H3. The van der Waals surface area contributed by atoms with Gasteiger partial charge in [0.2, 0.25) is 0 Å². The van der Waals surface area contributed by atoms with E-state index in [0.717, 1.165) is 6.42 Å². The van der Waals surface area contributed by atoms with Crippen LogP contribution in [0.2, 0.25) is 0 Å². The van der Waals surface area contributed by atoms with Gasteiger partial charge in [0.1, 0.15) is 0 Å². The fourth-order valence-electron chi connectivity index (χ4n) is 2.52. The zero-order valence-electron chi connectivity index (χ0n) is 10.8. The summed E-state index contributed by atoms with van der Waals surface area (Å²) in [4.78, 5) is 11.2. The molecule has 1 aliphatic rings. The Morgan fingerprint density at radius 1 is 1.44 bits per heavy atom. The largest absolute Gasteiger partial charge is 0.462 e. The van der Waals surface area contributed by atoms with Gasteiger partial charge < -0.3 is 4.74 Å².